The van der Waals surface area contributed by atoms with Gasteiger partial charge in [0.2, 0.25) is 5.91 Å². The molecule has 82 valence electrons. The van der Waals surface area contributed by atoms with E-state index in [0.717, 1.165) is 0 Å². The number of carbonyl (C=O) groups is 2. The monoisotopic (exact) mass is 220 g/mol. The molecular formula is C8H16N2O3S. The van der Waals surface area contributed by atoms with Crippen LogP contribution in [0, 0.1) is 0 Å². The van der Waals surface area contributed by atoms with Crippen LogP contribution in [0.4, 0.5) is 0 Å². The van der Waals surface area contributed by atoms with Gasteiger partial charge in [-0.1, -0.05) is 0 Å². The smallest absolute Gasteiger partial charge is 0.218 e. The number of hydrogen-bond donors (Lipinski definition) is 2. The van der Waals surface area contributed by atoms with Gasteiger partial charge in [-0.3, -0.25) is 13.8 Å². The fourth-order valence-corrected chi connectivity index (χ4v) is 2.26. The van der Waals surface area contributed by atoms with Gasteiger partial charge in [-0.05, 0) is 14.0 Å². The topological polar surface area (TPSA) is 89.3 Å². The van der Waals surface area contributed by atoms with Crippen molar-refractivity contribution in [2.45, 2.75) is 19.4 Å². The molecular weight excluding hydrogens is 204 g/mol. The number of amides is 1. The Balaban J connectivity index is 3.91. The first-order chi connectivity index (χ1) is 6.47. The predicted octanol–water partition coefficient (Wildman–Crippen LogP) is -1.21. The highest BCUT2D eigenvalue weighted by atomic mass is 32.2. The maximum atomic E-state index is 11.3. The molecule has 0 aromatic rings. The van der Waals surface area contributed by atoms with Crippen LogP contribution in [0.15, 0.2) is 0 Å². The number of hydrogen-bond acceptors (Lipinski definition) is 4. The molecule has 0 bridgehead atoms. The Kier molecular flexibility index (Phi) is 6.31. The lowest BCUT2D eigenvalue weighted by molar-refractivity contribution is -0.118. The number of Topliss-reactive ketones (excluding diaryl/α,β-unsaturated/α-hetero) is 1. The summed E-state index contributed by atoms with van der Waals surface area (Å²) in [5.41, 5.74) is 4.91. The minimum Gasteiger partial charge on any atom is -0.370 e. The lowest BCUT2D eigenvalue weighted by atomic mass is 10.2. The molecule has 0 heterocycles. The van der Waals surface area contributed by atoms with E-state index in [4.69, 9.17) is 5.73 Å². The average Bonchev–Trinajstić information content (AvgIpc) is 2.10. The highest BCUT2D eigenvalue weighted by Gasteiger charge is 2.15. The summed E-state index contributed by atoms with van der Waals surface area (Å²) in [6.45, 7) is 1.44. The van der Waals surface area contributed by atoms with Gasteiger partial charge in [0.25, 0.3) is 0 Å². The standard InChI is InChI=1S/C8H16N2O3S/c1-6(11)7(10-2)5-14(13)4-3-8(9)12/h7,10H,3-5H2,1-2H3,(H2,9,12). The molecule has 6 heteroatoms. The van der Waals surface area contributed by atoms with Crippen molar-refractivity contribution < 1.29 is 13.8 Å². The van der Waals surface area contributed by atoms with Gasteiger partial charge >= 0.3 is 0 Å². The molecule has 0 saturated heterocycles. The zero-order valence-corrected chi connectivity index (χ0v) is 9.23. The fraction of sp³-hybridized carbons (Fsp3) is 0.750. The number of carbonyl (C=O) groups excluding carboxylic acids is 2. The molecule has 0 aromatic heterocycles. The molecule has 0 radical (unpaired) electrons. The second-order valence-electron chi connectivity index (χ2n) is 2.98. The maximum Gasteiger partial charge on any atom is 0.218 e. The van der Waals surface area contributed by atoms with E-state index >= 15 is 0 Å². The van der Waals surface area contributed by atoms with E-state index in [1.807, 2.05) is 0 Å². The van der Waals surface area contributed by atoms with Crippen molar-refractivity contribution >= 4 is 22.5 Å². The van der Waals surface area contributed by atoms with Gasteiger partial charge in [0.1, 0.15) is 5.78 Å². The highest BCUT2D eigenvalue weighted by molar-refractivity contribution is 7.85. The predicted molar refractivity (Wildman–Crippen MR) is 55.2 cm³/mol. The van der Waals surface area contributed by atoms with Gasteiger partial charge in [0.05, 0.1) is 6.04 Å². The van der Waals surface area contributed by atoms with Crippen LogP contribution < -0.4 is 11.1 Å². The van der Waals surface area contributed by atoms with Crippen LogP contribution in [0.25, 0.3) is 0 Å². The quantitative estimate of drug-likeness (QED) is 0.563. The molecule has 3 N–H and O–H groups in total. The number of ketones is 1. The molecule has 2 atom stereocenters. The lowest BCUT2D eigenvalue weighted by Gasteiger charge is -2.11. The average molecular weight is 220 g/mol. The molecule has 2 unspecified atom stereocenters. The SMILES string of the molecule is CNC(CS(=O)CCC(N)=O)C(C)=O. The Labute approximate surface area is 85.9 Å². The van der Waals surface area contributed by atoms with Crippen LogP contribution in [0.1, 0.15) is 13.3 Å². The summed E-state index contributed by atoms with van der Waals surface area (Å²) >= 11 is 0. The first-order valence-electron chi connectivity index (χ1n) is 4.28. The molecule has 1 amide bonds. The normalized spacial score (nSPS) is 14.7. The van der Waals surface area contributed by atoms with Gasteiger partial charge in [-0.15, -0.1) is 0 Å². The number of primary amides is 1. The van der Waals surface area contributed by atoms with Gasteiger partial charge in [0, 0.05) is 28.7 Å². The third-order valence-electron chi connectivity index (χ3n) is 1.77. The molecule has 0 fully saturated rings. The molecule has 0 spiro atoms. The van der Waals surface area contributed by atoms with Crippen LogP contribution >= 0.6 is 0 Å². The zero-order chi connectivity index (χ0) is 11.1. The van der Waals surface area contributed by atoms with Crippen molar-refractivity contribution in [2.75, 3.05) is 18.6 Å². The molecule has 0 aromatic carbocycles. The van der Waals surface area contributed by atoms with Gasteiger partial charge in [-0.25, -0.2) is 0 Å². The lowest BCUT2D eigenvalue weighted by Crippen LogP contribution is -2.38. The Hall–Kier alpha value is -0.750. The summed E-state index contributed by atoms with van der Waals surface area (Å²) in [6.07, 6.45) is 0.0982. The largest absolute Gasteiger partial charge is 0.370 e. The third-order valence-corrected chi connectivity index (χ3v) is 3.13. The molecule has 14 heavy (non-hydrogen) atoms. The van der Waals surface area contributed by atoms with Crippen molar-refractivity contribution in [3.05, 3.63) is 0 Å². The molecule has 0 saturated carbocycles. The summed E-state index contributed by atoms with van der Waals surface area (Å²) in [7, 11) is 0.461. The van der Waals surface area contributed by atoms with Crippen molar-refractivity contribution in [1.82, 2.24) is 5.32 Å². The minimum atomic E-state index is -1.18. The van der Waals surface area contributed by atoms with Crippen molar-refractivity contribution in [1.29, 1.82) is 0 Å². The van der Waals surface area contributed by atoms with E-state index in [1.54, 1.807) is 7.05 Å². The number of likely N-dealkylation sites (N-methyl/N-ethyl adjacent to an activating group) is 1. The molecule has 0 rings (SSSR count). The van der Waals surface area contributed by atoms with Crippen LogP contribution in [-0.2, 0) is 20.4 Å². The van der Waals surface area contributed by atoms with E-state index in [0.29, 0.717) is 0 Å². The van der Waals surface area contributed by atoms with E-state index in [1.165, 1.54) is 6.92 Å². The Bertz CT molecular complexity index is 243. The highest BCUT2D eigenvalue weighted by Crippen LogP contribution is 1.93. The molecule has 0 aliphatic heterocycles. The van der Waals surface area contributed by atoms with E-state index in [-0.39, 0.29) is 23.7 Å². The summed E-state index contributed by atoms with van der Waals surface area (Å²) in [6, 6.07) is -0.399. The van der Waals surface area contributed by atoms with Crippen LogP contribution in [0.2, 0.25) is 0 Å². The first kappa shape index (κ1) is 13.2. The van der Waals surface area contributed by atoms with E-state index in [9.17, 15) is 13.8 Å². The number of nitrogens with one attached hydrogen (secondary N) is 1. The van der Waals surface area contributed by atoms with E-state index < -0.39 is 22.7 Å². The van der Waals surface area contributed by atoms with E-state index in [2.05, 4.69) is 5.32 Å². The Morgan fingerprint density at radius 2 is 2.07 bits per heavy atom. The van der Waals surface area contributed by atoms with Crippen molar-refractivity contribution in [2.24, 2.45) is 5.73 Å². The van der Waals surface area contributed by atoms with Crippen molar-refractivity contribution in [3.8, 4) is 0 Å². The first-order valence-corrected chi connectivity index (χ1v) is 5.77. The molecule has 0 aliphatic carbocycles. The number of rotatable bonds is 7. The summed E-state index contributed by atoms with van der Waals surface area (Å²) in [5.74, 6) is -0.0676. The summed E-state index contributed by atoms with van der Waals surface area (Å²) < 4.78 is 11.3. The molecule has 5 nitrogen and oxygen atoms in total. The number of nitrogens with two attached hydrogens (primary N) is 1. The van der Waals surface area contributed by atoms with Crippen molar-refractivity contribution in [3.63, 3.8) is 0 Å². The Morgan fingerprint density at radius 3 is 2.43 bits per heavy atom. The van der Waals surface area contributed by atoms with Crippen LogP contribution in [-0.4, -0.2) is 40.5 Å². The third kappa shape index (κ3) is 5.82. The van der Waals surface area contributed by atoms with Crippen LogP contribution in [0.3, 0.4) is 0 Å². The fourth-order valence-electron chi connectivity index (χ4n) is 0.888. The minimum absolute atomic E-state index is 0.0556. The summed E-state index contributed by atoms with van der Waals surface area (Å²) in [4.78, 5) is 21.4. The van der Waals surface area contributed by atoms with Crippen LogP contribution in [0.5, 0.6) is 0 Å². The maximum absolute atomic E-state index is 11.3. The Morgan fingerprint density at radius 1 is 1.50 bits per heavy atom. The second-order valence-corrected chi connectivity index (χ2v) is 4.60. The second kappa shape index (κ2) is 6.67. The zero-order valence-electron chi connectivity index (χ0n) is 8.41. The molecule has 0 aliphatic rings. The van der Waals surface area contributed by atoms with Gasteiger partial charge < -0.3 is 11.1 Å². The van der Waals surface area contributed by atoms with Gasteiger partial charge in [-0.2, -0.15) is 0 Å². The summed E-state index contributed by atoms with van der Waals surface area (Å²) in [5, 5.41) is 2.76. The van der Waals surface area contributed by atoms with Gasteiger partial charge in [0.15, 0.2) is 0 Å².